The monoisotopic (exact) mass is 401 g/mol. The van der Waals surface area contributed by atoms with E-state index in [9.17, 15) is 13.2 Å². The molecule has 2 aromatic heterocycles. The van der Waals surface area contributed by atoms with Crippen LogP contribution in [0.1, 0.15) is 23.6 Å². The van der Waals surface area contributed by atoms with Crippen molar-refractivity contribution in [3.8, 4) is 0 Å². The van der Waals surface area contributed by atoms with Crippen LogP contribution in [0.3, 0.4) is 0 Å². The second kappa shape index (κ2) is 5.83. The van der Waals surface area contributed by atoms with Crippen molar-refractivity contribution in [2.24, 2.45) is 4.99 Å². The van der Waals surface area contributed by atoms with Crippen LogP contribution in [-0.4, -0.2) is 34.1 Å². The average molecular weight is 401 g/mol. The van der Waals surface area contributed by atoms with Crippen LogP contribution >= 0.6 is 11.5 Å². The van der Waals surface area contributed by atoms with Gasteiger partial charge in [-0.15, -0.1) is 0 Å². The molecule has 27 heavy (non-hydrogen) atoms. The van der Waals surface area contributed by atoms with Crippen LogP contribution < -0.4 is 11.3 Å². The molecule has 1 aromatic carbocycles. The zero-order valence-electron chi connectivity index (χ0n) is 14.7. The molecule has 3 heterocycles. The van der Waals surface area contributed by atoms with Gasteiger partial charge in [0, 0.05) is 34.6 Å². The van der Waals surface area contributed by atoms with Gasteiger partial charge in [0.2, 0.25) is 20.0 Å². The highest BCUT2D eigenvalue weighted by atomic mass is 32.2. The van der Waals surface area contributed by atoms with Gasteiger partial charge in [-0.25, -0.2) is 12.8 Å². The molecule has 1 aliphatic rings. The summed E-state index contributed by atoms with van der Waals surface area (Å²) in [7, 11) is -3.63. The molecule has 138 valence electrons. The Kier molecular flexibility index (Phi) is 3.79. The summed E-state index contributed by atoms with van der Waals surface area (Å²) in [6.45, 7) is 3.81. The minimum Gasteiger partial charge on any atom is -0.384 e. The Labute approximate surface area is 158 Å². The lowest BCUT2D eigenvalue weighted by molar-refractivity contribution is 0.593. The Hall–Kier alpha value is -2.85. The SMILES string of the molecule is CC1=Nc2ccc(C)cc2/C1=C/c1c(N)n2c(S(C)(=O)=O)nsc2nc1=O. The Bertz CT molecular complexity index is 1350. The highest BCUT2D eigenvalue weighted by Gasteiger charge is 2.23. The van der Waals surface area contributed by atoms with Crippen LogP contribution in [0.15, 0.2) is 33.1 Å². The molecule has 0 atom stereocenters. The number of anilines is 1. The molecule has 0 amide bonds. The maximum atomic E-state index is 12.5. The molecular weight excluding hydrogens is 386 g/mol. The van der Waals surface area contributed by atoms with Gasteiger partial charge in [0.1, 0.15) is 5.82 Å². The molecule has 1 aliphatic heterocycles. The number of sulfone groups is 1. The third-order valence-electron chi connectivity index (χ3n) is 4.27. The number of aliphatic imine (C=N–C) groups is 1. The van der Waals surface area contributed by atoms with Crippen molar-refractivity contribution in [3.05, 3.63) is 45.2 Å². The minimum absolute atomic E-state index is 0.0134. The van der Waals surface area contributed by atoms with Gasteiger partial charge >= 0.3 is 0 Å². The summed E-state index contributed by atoms with van der Waals surface area (Å²) < 4.78 is 29.1. The van der Waals surface area contributed by atoms with Gasteiger partial charge in [0.25, 0.3) is 5.56 Å². The lowest BCUT2D eigenvalue weighted by Gasteiger charge is -2.07. The number of fused-ring (bicyclic) bond motifs is 2. The Morgan fingerprint density at radius 3 is 2.70 bits per heavy atom. The van der Waals surface area contributed by atoms with E-state index in [1.807, 2.05) is 32.0 Å². The lowest BCUT2D eigenvalue weighted by atomic mass is 9.99. The van der Waals surface area contributed by atoms with Gasteiger partial charge < -0.3 is 5.73 Å². The van der Waals surface area contributed by atoms with Crippen molar-refractivity contribution in [3.63, 3.8) is 0 Å². The van der Waals surface area contributed by atoms with E-state index in [1.54, 1.807) is 6.08 Å². The van der Waals surface area contributed by atoms with Gasteiger partial charge in [-0.1, -0.05) is 11.6 Å². The fraction of sp³-hybridized carbons (Fsp3) is 0.176. The molecule has 0 saturated heterocycles. The van der Waals surface area contributed by atoms with Crippen LogP contribution in [0.4, 0.5) is 11.5 Å². The Morgan fingerprint density at radius 2 is 2.00 bits per heavy atom. The summed E-state index contributed by atoms with van der Waals surface area (Å²) in [5.41, 5.74) is 10.00. The summed E-state index contributed by atoms with van der Waals surface area (Å²) in [4.78, 5) is 21.1. The predicted molar refractivity (Wildman–Crippen MR) is 106 cm³/mol. The second-order valence-electron chi connectivity index (χ2n) is 6.35. The fourth-order valence-electron chi connectivity index (χ4n) is 2.99. The molecule has 0 radical (unpaired) electrons. The molecule has 8 nitrogen and oxygen atoms in total. The number of aromatic nitrogens is 3. The summed E-state index contributed by atoms with van der Waals surface area (Å²) in [6, 6.07) is 5.86. The zero-order valence-corrected chi connectivity index (χ0v) is 16.3. The van der Waals surface area contributed by atoms with E-state index in [2.05, 4.69) is 14.3 Å². The first-order valence-electron chi connectivity index (χ1n) is 7.93. The molecule has 0 spiro atoms. The largest absolute Gasteiger partial charge is 0.384 e. The van der Waals surface area contributed by atoms with E-state index in [4.69, 9.17) is 5.73 Å². The van der Waals surface area contributed by atoms with Gasteiger partial charge in [0.05, 0.1) is 11.3 Å². The molecule has 3 aromatic rings. The van der Waals surface area contributed by atoms with E-state index < -0.39 is 15.4 Å². The third-order valence-corrected chi connectivity index (χ3v) is 6.03. The summed E-state index contributed by atoms with van der Waals surface area (Å²) in [6.07, 6.45) is 2.65. The number of nitrogen functional groups attached to an aromatic ring is 1. The molecule has 10 heteroatoms. The number of benzene rings is 1. The van der Waals surface area contributed by atoms with E-state index in [-0.39, 0.29) is 21.5 Å². The third kappa shape index (κ3) is 2.77. The molecule has 0 unspecified atom stereocenters. The molecular formula is C17H15N5O3S2. The molecule has 0 fully saturated rings. The Balaban J connectivity index is 2.02. The molecule has 0 bridgehead atoms. The fourth-order valence-corrected chi connectivity index (χ4v) is 4.85. The number of nitrogens with zero attached hydrogens (tertiary/aromatic N) is 4. The van der Waals surface area contributed by atoms with Crippen molar-refractivity contribution < 1.29 is 8.42 Å². The smallest absolute Gasteiger partial charge is 0.283 e. The van der Waals surface area contributed by atoms with Crippen molar-refractivity contribution in [2.45, 2.75) is 19.0 Å². The normalized spacial score (nSPS) is 15.4. The van der Waals surface area contributed by atoms with Crippen LogP contribution in [0, 0.1) is 6.92 Å². The molecule has 4 rings (SSSR count). The first kappa shape index (κ1) is 17.6. The van der Waals surface area contributed by atoms with Crippen LogP contribution in [0.2, 0.25) is 0 Å². The van der Waals surface area contributed by atoms with Gasteiger partial charge in [-0.3, -0.25) is 9.79 Å². The summed E-state index contributed by atoms with van der Waals surface area (Å²) in [5, 5.41) is -0.236. The number of hydrogen-bond donors (Lipinski definition) is 1. The van der Waals surface area contributed by atoms with Crippen LogP contribution in [-0.2, 0) is 9.84 Å². The van der Waals surface area contributed by atoms with Crippen molar-refractivity contribution >= 4 is 55.2 Å². The van der Waals surface area contributed by atoms with Crippen molar-refractivity contribution in [2.75, 3.05) is 12.0 Å². The van der Waals surface area contributed by atoms with Crippen LogP contribution in [0.5, 0.6) is 0 Å². The topological polar surface area (TPSA) is 120 Å². The number of rotatable bonds is 2. The first-order chi connectivity index (χ1) is 12.7. The number of nitrogens with two attached hydrogens (primary N) is 1. The standard InChI is InChI=1S/C17H15N5O3S2/c1-8-4-5-13-11(6-8)10(9(2)19-13)7-12-14(18)22-16(20-15(12)23)26-21-17(22)27(3,24)25/h4-7H,18H2,1-3H3/b10-7+. The van der Waals surface area contributed by atoms with Crippen LogP contribution in [0.25, 0.3) is 16.6 Å². The predicted octanol–water partition coefficient (Wildman–Crippen LogP) is 2.09. The lowest BCUT2D eigenvalue weighted by Crippen LogP contribution is -2.18. The van der Waals surface area contributed by atoms with Gasteiger partial charge in [-0.05, 0) is 32.1 Å². The summed E-state index contributed by atoms with van der Waals surface area (Å²) >= 11 is 0.810. The molecule has 0 aliphatic carbocycles. The van der Waals surface area contributed by atoms with Crippen molar-refractivity contribution in [1.29, 1.82) is 0 Å². The highest BCUT2D eigenvalue weighted by molar-refractivity contribution is 7.90. The van der Waals surface area contributed by atoms with E-state index in [0.29, 0.717) is 0 Å². The number of allylic oxidation sites excluding steroid dienone is 1. The molecule has 2 N–H and O–H groups in total. The zero-order chi connectivity index (χ0) is 19.5. The van der Waals surface area contributed by atoms with Crippen molar-refractivity contribution in [1.82, 2.24) is 13.8 Å². The number of aryl methyl sites for hydroxylation is 1. The van der Waals surface area contributed by atoms with Gasteiger partial charge in [0.15, 0.2) is 0 Å². The second-order valence-corrected chi connectivity index (χ2v) is 8.99. The minimum atomic E-state index is -3.63. The first-order valence-corrected chi connectivity index (χ1v) is 10.6. The maximum Gasteiger partial charge on any atom is 0.283 e. The highest BCUT2D eigenvalue weighted by Crippen LogP contribution is 2.36. The summed E-state index contributed by atoms with van der Waals surface area (Å²) in [5.74, 6) is -0.0134. The Morgan fingerprint density at radius 1 is 1.26 bits per heavy atom. The van der Waals surface area contributed by atoms with E-state index >= 15 is 0 Å². The average Bonchev–Trinajstić information content (AvgIpc) is 3.12. The number of hydrogen-bond acceptors (Lipinski definition) is 8. The van der Waals surface area contributed by atoms with E-state index in [1.165, 1.54) is 4.40 Å². The maximum absolute atomic E-state index is 12.5. The van der Waals surface area contributed by atoms with E-state index in [0.717, 1.165) is 45.9 Å². The quantitative estimate of drug-likeness (QED) is 0.702. The molecule has 0 saturated carbocycles. The van der Waals surface area contributed by atoms with Gasteiger partial charge in [-0.2, -0.15) is 9.36 Å².